The Morgan fingerprint density at radius 3 is 2.32 bits per heavy atom. The van der Waals surface area contributed by atoms with Gasteiger partial charge in [-0.05, 0) is 122 Å². The predicted octanol–water partition coefficient (Wildman–Crippen LogP) is 7.31. The van der Waals surface area contributed by atoms with Gasteiger partial charge in [0.05, 0.1) is 18.6 Å². The number of hydrogen-bond donors (Lipinski definition) is 1. The van der Waals surface area contributed by atoms with Crippen molar-refractivity contribution >= 4 is 11.9 Å². The van der Waals surface area contributed by atoms with E-state index in [1.54, 1.807) is 5.57 Å². The zero-order chi connectivity index (χ0) is 29.8. The lowest BCUT2D eigenvalue weighted by molar-refractivity contribution is -0.204. The second kappa shape index (κ2) is 9.32. The van der Waals surface area contributed by atoms with Gasteiger partial charge in [-0.25, -0.2) is 4.79 Å². The van der Waals surface area contributed by atoms with Crippen LogP contribution in [0, 0.1) is 50.2 Å². The second-order valence-corrected chi connectivity index (χ2v) is 17.4. The normalized spacial score (nSPS) is 48.2. The summed E-state index contributed by atoms with van der Waals surface area (Å²) in [5.74, 6) is 1.36. The van der Waals surface area contributed by atoms with Gasteiger partial charge in [0.1, 0.15) is 6.04 Å². The quantitative estimate of drug-likeness (QED) is 0.281. The average molecular weight is 568 g/mol. The number of carbonyl (C=O) groups is 2. The molecule has 0 radical (unpaired) electrons. The number of amides is 1. The Morgan fingerprint density at radius 2 is 1.61 bits per heavy atom. The van der Waals surface area contributed by atoms with Crippen LogP contribution < -0.4 is 0 Å². The number of carbonyl (C=O) groups excluding carboxylic acids is 2. The van der Waals surface area contributed by atoms with Gasteiger partial charge in [0.25, 0.3) is 0 Å². The number of aliphatic hydroxyl groups excluding tert-OH is 1. The van der Waals surface area contributed by atoms with E-state index in [9.17, 15) is 14.7 Å². The molecule has 1 N–H and O–H groups in total. The summed E-state index contributed by atoms with van der Waals surface area (Å²) in [5, 5.41) is 11.0. The number of nitrogens with zero attached hydrogens (tertiary/aromatic N) is 1. The van der Waals surface area contributed by atoms with E-state index in [1.807, 2.05) is 4.90 Å². The van der Waals surface area contributed by atoms with Crippen molar-refractivity contribution in [1.29, 1.82) is 0 Å². The Balaban J connectivity index is 1.41. The Hall–Kier alpha value is -1.36. The molecule has 5 fully saturated rings. The standard InChI is InChI=1S/C36H57NO4/c1-31(2)17-19-36(30(40)37-21-9-10-25(37)29(39)41-8)20-18-34(6)23(24(36)22-31)11-12-27-33(5)15-14-28(38)32(3,4)26(33)13-16-35(27,34)7/h11,24-28,38H,9-10,12-22H2,1-8H3/t24-,25-,26-,27+,28-,33-,34+,35+,36-/m0/s1. The van der Waals surface area contributed by atoms with E-state index in [-0.39, 0.29) is 51.0 Å². The maximum absolute atomic E-state index is 14.7. The topological polar surface area (TPSA) is 66.8 Å². The molecule has 5 aliphatic carbocycles. The summed E-state index contributed by atoms with van der Waals surface area (Å²) < 4.78 is 5.16. The molecule has 0 unspecified atom stereocenters. The van der Waals surface area contributed by atoms with E-state index < -0.39 is 11.5 Å². The van der Waals surface area contributed by atoms with Gasteiger partial charge in [-0.15, -0.1) is 0 Å². The molecule has 230 valence electrons. The molecule has 0 aromatic rings. The first kappa shape index (κ1) is 29.7. The number of allylic oxidation sites excluding steroid dienone is 2. The second-order valence-electron chi connectivity index (χ2n) is 17.4. The van der Waals surface area contributed by atoms with Gasteiger partial charge in [0.15, 0.2) is 0 Å². The molecule has 5 nitrogen and oxygen atoms in total. The van der Waals surface area contributed by atoms with Gasteiger partial charge in [-0.3, -0.25) is 4.79 Å². The molecule has 41 heavy (non-hydrogen) atoms. The molecule has 1 aliphatic heterocycles. The van der Waals surface area contributed by atoms with Crippen molar-refractivity contribution in [3.05, 3.63) is 11.6 Å². The lowest BCUT2D eigenvalue weighted by atomic mass is 9.33. The molecule has 6 rings (SSSR count). The first-order valence-corrected chi connectivity index (χ1v) is 16.8. The van der Waals surface area contributed by atoms with E-state index in [4.69, 9.17) is 4.74 Å². The van der Waals surface area contributed by atoms with E-state index in [1.165, 1.54) is 20.0 Å². The predicted molar refractivity (Wildman–Crippen MR) is 162 cm³/mol. The number of rotatable bonds is 2. The number of aliphatic hydroxyl groups is 1. The molecular formula is C36H57NO4. The first-order valence-electron chi connectivity index (χ1n) is 16.8. The number of hydrogen-bond acceptors (Lipinski definition) is 4. The lowest BCUT2D eigenvalue weighted by Gasteiger charge is -2.71. The summed E-state index contributed by atoms with van der Waals surface area (Å²) in [5.41, 5.74) is 1.80. The van der Waals surface area contributed by atoms with Crippen LogP contribution in [0.4, 0.5) is 0 Å². The zero-order valence-electron chi connectivity index (χ0n) is 27.3. The van der Waals surface area contributed by atoms with Crippen molar-refractivity contribution in [3.8, 4) is 0 Å². The molecular weight excluding hydrogens is 510 g/mol. The van der Waals surface area contributed by atoms with Crippen LogP contribution in [0.15, 0.2) is 11.6 Å². The molecule has 0 bridgehead atoms. The third-order valence-electron chi connectivity index (χ3n) is 15.0. The zero-order valence-corrected chi connectivity index (χ0v) is 27.3. The molecule has 1 heterocycles. The van der Waals surface area contributed by atoms with Crippen LogP contribution in [0.25, 0.3) is 0 Å². The number of methoxy groups -OCH3 is 1. The SMILES string of the molecule is COC(=O)[C@@H]1CCCN1C(=O)[C@]12CCC(C)(C)C[C@H]1C1=CC[C@@H]3[C@@]4(C)CC[C@H](O)C(C)(C)[C@@H]4CC[C@@]3(C)[C@]1(C)CC2. The fourth-order valence-corrected chi connectivity index (χ4v) is 12.3. The minimum absolute atomic E-state index is 0.0489. The molecule has 0 spiro atoms. The van der Waals surface area contributed by atoms with Gasteiger partial charge in [0.2, 0.25) is 5.91 Å². The lowest BCUT2D eigenvalue weighted by Crippen LogP contribution is -2.65. The van der Waals surface area contributed by atoms with E-state index in [0.29, 0.717) is 18.4 Å². The van der Waals surface area contributed by atoms with Gasteiger partial charge < -0.3 is 14.7 Å². The number of esters is 1. The smallest absolute Gasteiger partial charge is 0.328 e. The Bertz CT molecular complexity index is 1140. The Morgan fingerprint density at radius 1 is 0.902 bits per heavy atom. The van der Waals surface area contributed by atoms with Crippen LogP contribution in [-0.2, 0) is 14.3 Å². The van der Waals surface area contributed by atoms with Gasteiger partial charge in [-0.2, -0.15) is 0 Å². The van der Waals surface area contributed by atoms with Crippen LogP contribution >= 0.6 is 0 Å². The highest BCUT2D eigenvalue weighted by atomic mass is 16.5. The summed E-state index contributed by atoms with van der Waals surface area (Å²) in [4.78, 5) is 29.4. The van der Waals surface area contributed by atoms with Crippen LogP contribution in [-0.4, -0.2) is 47.7 Å². The largest absolute Gasteiger partial charge is 0.467 e. The maximum atomic E-state index is 14.7. The molecule has 9 atom stereocenters. The van der Waals surface area contributed by atoms with Gasteiger partial charge in [0, 0.05) is 6.54 Å². The fourth-order valence-electron chi connectivity index (χ4n) is 12.3. The fraction of sp³-hybridized carbons (Fsp3) is 0.889. The van der Waals surface area contributed by atoms with Crippen molar-refractivity contribution in [3.63, 3.8) is 0 Å². The molecule has 6 aliphatic rings. The Labute approximate surface area is 249 Å². The summed E-state index contributed by atoms with van der Waals surface area (Å²) >= 11 is 0. The molecule has 5 heteroatoms. The van der Waals surface area contributed by atoms with E-state index in [2.05, 4.69) is 54.5 Å². The monoisotopic (exact) mass is 567 g/mol. The third-order valence-corrected chi connectivity index (χ3v) is 15.0. The van der Waals surface area contributed by atoms with Crippen LogP contribution in [0.1, 0.15) is 126 Å². The first-order chi connectivity index (χ1) is 19.1. The summed E-state index contributed by atoms with van der Waals surface area (Å²) in [6.45, 7) is 17.9. The summed E-state index contributed by atoms with van der Waals surface area (Å²) in [6, 6.07) is -0.423. The van der Waals surface area contributed by atoms with Gasteiger partial charge in [-0.1, -0.05) is 60.1 Å². The summed E-state index contributed by atoms with van der Waals surface area (Å²) in [7, 11) is 1.45. The van der Waals surface area contributed by atoms with Crippen molar-refractivity contribution in [2.45, 2.75) is 138 Å². The molecule has 0 aromatic carbocycles. The van der Waals surface area contributed by atoms with Gasteiger partial charge >= 0.3 is 5.97 Å². The number of ether oxygens (including phenoxy) is 1. The maximum Gasteiger partial charge on any atom is 0.328 e. The third kappa shape index (κ3) is 3.88. The highest BCUT2D eigenvalue weighted by Crippen LogP contribution is 2.76. The minimum Gasteiger partial charge on any atom is -0.467 e. The van der Waals surface area contributed by atoms with E-state index in [0.717, 1.165) is 64.2 Å². The summed E-state index contributed by atoms with van der Waals surface area (Å²) in [6.07, 6.45) is 14.5. The highest BCUT2D eigenvalue weighted by molar-refractivity contribution is 5.89. The molecule has 1 amide bonds. The molecule has 4 saturated carbocycles. The van der Waals surface area contributed by atoms with E-state index >= 15 is 0 Å². The number of likely N-dealkylation sites (tertiary alicyclic amines) is 1. The average Bonchev–Trinajstić information content (AvgIpc) is 3.40. The molecule has 1 saturated heterocycles. The van der Waals surface area contributed by atoms with Crippen molar-refractivity contribution in [1.82, 2.24) is 4.90 Å². The van der Waals surface area contributed by atoms with Crippen LogP contribution in [0.5, 0.6) is 0 Å². The molecule has 0 aromatic heterocycles. The van der Waals surface area contributed by atoms with Crippen LogP contribution in [0.3, 0.4) is 0 Å². The minimum atomic E-state index is -0.423. The Kier molecular flexibility index (Phi) is 6.75. The van der Waals surface area contributed by atoms with Crippen molar-refractivity contribution in [2.75, 3.05) is 13.7 Å². The van der Waals surface area contributed by atoms with Crippen LogP contribution in [0.2, 0.25) is 0 Å². The highest BCUT2D eigenvalue weighted by Gasteiger charge is 2.69. The number of fused-ring (bicyclic) bond motifs is 7. The van der Waals surface area contributed by atoms with Crippen molar-refractivity contribution in [2.24, 2.45) is 50.2 Å². The van der Waals surface area contributed by atoms with Crippen molar-refractivity contribution < 1.29 is 19.4 Å².